The van der Waals surface area contributed by atoms with Crippen molar-refractivity contribution in [1.29, 1.82) is 0 Å². The van der Waals surface area contributed by atoms with Gasteiger partial charge < -0.3 is 5.32 Å². The van der Waals surface area contributed by atoms with Crippen LogP contribution in [-0.4, -0.2) is 32.5 Å². The first-order valence-electron chi connectivity index (χ1n) is 8.31. The van der Waals surface area contributed by atoms with E-state index in [9.17, 15) is 8.42 Å². The van der Waals surface area contributed by atoms with Crippen molar-refractivity contribution in [2.45, 2.75) is 65.3 Å². The molecule has 2 aliphatic rings. The second kappa shape index (κ2) is 6.35. The van der Waals surface area contributed by atoms with Crippen LogP contribution in [0.4, 0.5) is 0 Å². The van der Waals surface area contributed by atoms with Crippen molar-refractivity contribution < 1.29 is 8.42 Å². The summed E-state index contributed by atoms with van der Waals surface area (Å²) in [6.07, 6.45) is 7.42. The monoisotopic (exact) mass is 301 g/mol. The van der Waals surface area contributed by atoms with E-state index in [0.29, 0.717) is 17.2 Å². The summed E-state index contributed by atoms with van der Waals surface area (Å²) in [5, 5.41) is 3.63. The summed E-state index contributed by atoms with van der Waals surface area (Å²) < 4.78 is 23.4. The van der Waals surface area contributed by atoms with Gasteiger partial charge in [0.1, 0.15) is 9.84 Å². The van der Waals surface area contributed by atoms with E-state index in [1.807, 2.05) is 0 Å². The third-order valence-corrected chi connectivity index (χ3v) is 7.32. The molecule has 0 aromatic heterocycles. The highest BCUT2D eigenvalue weighted by Crippen LogP contribution is 2.57. The Labute approximate surface area is 124 Å². The minimum absolute atomic E-state index is 0.288. The number of hydrogen-bond acceptors (Lipinski definition) is 3. The van der Waals surface area contributed by atoms with Gasteiger partial charge in [-0.3, -0.25) is 0 Å². The summed E-state index contributed by atoms with van der Waals surface area (Å²) in [6.45, 7) is 7.23. The Kier molecular flexibility index (Phi) is 5.17. The summed E-state index contributed by atoms with van der Waals surface area (Å²) in [7, 11) is -2.80. The Hall–Kier alpha value is -0.0900. The predicted molar refractivity (Wildman–Crippen MR) is 84.6 cm³/mol. The molecule has 2 fully saturated rings. The van der Waals surface area contributed by atoms with Gasteiger partial charge in [-0.1, -0.05) is 27.2 Å². The summed E-state index contributed by atoms with van der Waals surface area (Å²) in [5.74, 6) is 2.42. The van der Waals surface area contributed by atoms with Gasteiger partial charge in [-0.15, -0.1) is 0 Å². The van der Waals surface area contributed by atoms with Crippen molar-refractivity contribution in [1.82, 2.24) is 5.32 Å². The van der Waals surface area contributed by atoms with Crippen molar-refractivity contribution in [3.8, 4) is 0 Å². The van der Waals surface area contributed by atoms with Crippen LogP contribution in [0, 0.1) is 17.3 Å². The first-order chi connectivity index (χ1) is 9.37. The van der Waals surface area contributed by atoms with E-state index in [1.54, 1.807) is 6.92 Å². The molecule has 3 unspecified atom stereocenters. The smallest absolute Gasteiger partial charge is 0.150 e. The minimum Gasteiger partial charge on any atom is -0.314 e. The molecule has 2 bridgehead atoms. The molecule has 20 heavy (non-hydrogen) atoms. The summed E-state index contributed by atoms with van der Waals surface area (Å²) in [5.41, 5.74) is 0.385. The van der Waals surface area contributed by atoms with E-state index >= 15 is 0 Å². The van der Waals surface area contributed by atoms with Gasteiger partial charge in [0, 0.05) is 18.3 Å². The lowest BCUT2D eigenvalue weighted by atomic mass is 9.70. The number of fused-ring (bicyclic) bond motifs is 2. The molecule has 4 heteroatoms. The Balaban J connectivity index is 1.94. The van der Waals surface area contributed by atoms with Crippen LogP contribution in [-0.2, 0) is 9.84 Å². The van der Waals surface area contributed by atoms with Gasteiger partial charge in [0.05, 0.1) is 5.75 Å². The van der Waals surface area contributed by atoms with Crippen LogP contribution in [0.5, 0.6) is 0 Å². The fourth-order valence-electron chi connectivity index (χ4n) is 4.37. The first-order valence-corrected chi connectivity index (χ1v) is 10.1. The van der Waals surface area contributed by atoms with Crippen molar-refractivity contribution >= 4 is 9.84 Å². The van der Waals surface area contributed by atoms with Crippen LogP contribution in [0.25, 0.3) is 0 Å². The van der Waals surface area contributed by atoms with E-state index in [1.165, 1.54) is 25.7 Å². The van der Waals surface area contributed by atoms with Crippen LogP contribution in [0.1, 0.15) is 59.3 Å². The molecular formula is C16H31NO2S. The van der Waals surface area contributed by atoms with E-state index in [0.717, 1.165) is 31.2 Å². The zero-order valence-electron chi connectivity index (χ0n) is 13.3. The van der Waals surface area contributed by atoms with Gasteiger partial charge in [-0.2, -0.15) is 0 Å². The molecule has 3 nitrogen and oxygen atoms in total. The maximum atomic E-state index is 11.7. The lowest BCUT2D eigenvalue weighted by Gasteiger charge is -2.39. The number of hydrogen-bond donors (Lipinski definition) is 1. The van der Waals surface area contributed by atoms with Crippen LogP contribution in [0.3, 0.4) is 0 Å². The highest BCUT2D eigenvalue weighted by molar-refractivity contribution is 7.91. The fraction of sp³-hybridized carbons (Fsp3) is 1.00. The van der Waals surface area contributed by atoms with Gasteiger partial charge in [-0.25, -0.2) is 8.42 Å². The zero-order valence-corrected chi connectivity index (χ0v) is 14.1. The third-order valence-electron chi connectivity index (χ3n) is 5.53. The Morgan fingerprint density at radius 3 is 2.55 bits per heavy atom. The van der Waals surface area contributed by atoms with Crippen molar-refractivity contribution in [3.63, 3.8) is 0 Å². The highest BCUT2D eigenvalue weighted by Gasteiger charge is 2.50. The molecule has 0 aromatic carbocycles. The van der Waals surface area contributed by atoms with Gasteiger partial charge in [-0.05, 0) is 49.4 Å². The lowest BCUT2D eigenvalue weighted by molar-refractivity contribution is 0.138. The van der Waals surface area contributed by atoms with E-state index in [-0.39, 0.29) is 5.75 Å². The fourth-order valence-corrected chi connectivity index (χ4v) is 5.24. The van der Waals surface area contributed by atoms with Crippen molar-refractivity contribution in [3.05, 3.63) is 0 Å². The van der Waals surface area contributed by atoms with Gasteiger partial charge >= 0.3 is 0 Å². The molecule has 2 saturated carbocycles. The quantitative estimate of drug-likeness (QED) is 0.749. The number of nitrogens with one attached hydrogen (secondary N) is 1. The first kappa shape index (κ1) is 16.3. The SMILES string of the molecule is CCS(=O)(=O)CCCC1(CNC(C)C)CC2CCC1C2. The van der Waals surface area contributed by atoms with Crippen LogP contribution < -0.4 is 5.32 Å². The summed E-state index contributed by atoms with van der Waals surface area (Å²) in [6, 6.07) is 0.519. The molecule has 0 aromatic rings. The third kappa shape index (κ3) is 3.76. The van der Waals surface area contributed by atoms with Crippen LogP contribution >= 0.6 is 0 Å². The lowest BCUT2D eigenvalue weighted by Crippen LogP contribution is -2.41. The molecule has 0 saturated heterocycles. The average Bonchev–Trinajstić information content (AvgIpc) is 2.97. The molecule has 2 aliphatic carbocycles. The Morgan fingerprint density at radius 2 is 2.05 bits per heavy atom. The topological polar surface area (TPSA) is 46.2 Å². The predicted octanol–water partition coefficient (Wildman–Crippen LogP) is 3.01. The molecule has 0 heterocycles. The van der Waals surface area contributed by atoms with Crippen molar-refractivity contribution in [2.75, 3.05) is 18.1 Å². The molecule has 3 atom stereocenters. The molecular weight excluding hydrogens is 270 g/mol. The molecule has 0 aliphatic heterocycles. The zero-order chi connectivity index (χ0) is 14.8. The average molecular weight is 301 g/mol. The number of rotatable bonds is 8. The number of sulfone groups is 1. The van der Waals surface area contributed by atoms with Gasteiger partial charge in [0.25, 0.3) is 0 Å². The molecule has 2 rings (SSSR count). The van der Waals surface area contributed by atoms with Crippen molar-refractivity contribution in [2.24, 2.45) is 17.3 Å². The Bertz CT molecular complexity index is 418. The minimum atomic E-state index is -2.80. The van der Waals surface area contributed by atoms with Gasteiger partial charge in [0.2, 0.25) is 0 Å². The Morgan fingerprint density at radius 1 is 1.30 bits per heavy atom. The van der Waals surface area contributed by atoms with E-state index in [4.69, 9.17) is 0 Å². The molecule has 0 spiro atoms. The largest absolute Gasteiger partial charge is 0.314 e. The molecule has 0 amide bonds. The second-order valence-electron chi connectivity index (χ2n) is 7.32. The summed E-state index contributed by atoms with van der Waals surface area (Å²) >= 11 is 0. The maximum absolute atomic E-state index is 11.7. The highest BCUT2D eigenvalue weighted by atomic mass is 32.2. The van der Waals surface area contributed by atoms with Crippen LogP contribution in [0.15, 0.2) is 0 Å². The normalized spacial score (nSPS) is 33.2. The maximum Gasteiger partial charge on any atom is 0.150 e. The molecule has 118 valence electrons. The summed E-state index contributed by atoms with van der Waals surface area (Å²) in [4.78, 5) is 0. The second-order valence-corrected chi connectivity index (χ2v) is 9.79. The molecule has 1 N–H and O–H groups in total. The molecule has 0 radical (unpaired) electrons. The van der Waals surface area contributed by atoms with E-state index in [2.05, 4.69) is 19.2 Å². The standard InChI is InChI=1S/C16H31NO2S/c1-4-20(18,19)9-5-8-16(12-17-13(2)3)11-14-6-7-15(16)10-14/h13-15,17H,4-12H2,1-3H3. The van der Waals surface area contributed by atoms with Gasteiger partial charge in [0.15, 0.2) is 0 Å². The van der Waals surface area contributed by atoms with E-state index < -0.39 is 9.84 Å². The van der Waals surface area contributed by atoms with Crippen LogP contribution in [0.2, 0.25) is 0 Å².